The molecule has 2 N–H and O–H groups in total. The number of nitrogens with zero attached hydrogens (tertiary/aromatic N) is 3. The second-order valence-corrected chi connectivity index (χ2v) is 12.3. The Balaban J connectivity index is 1.44. The molecule has 1 fully saturated rings. The van der Waals surface area contributed by atoms with Crippen molar-refractivity contribution in [3.63, 3.8) is 0 Å². The zero-order chi connectivity index (χ0) is 31.9. The fourth-order valence-corrected chi connectivity index (χ4v) is 6.72. The van der Waals surface area contributed by atoms with Crippen molar-refractivity contribution in [2.75, 3.05) is 19.6 Å². The second-order valence-electron chi connectivity index (χ2n) is 12.3. The molecule has 234 valence electrons. The number of aromatic nitrogens is 1. The Morgan fingerprint density at radius 1 is 1.02 bits per heavy atom. The molecule has 1 aliphatic carbocycles. The van der Waals surface area contributed by atoms with Gasteiger partial charge in [0.05, 0.1) is 4.92 Å². The molecule has 0 radical (unpaired) electrons. The van der Waals surface area contributed by atoms with Gasteiger partial charge >= 0.3 is 0 Å². The van der Waals surface area contributed by atoms with Crippen LogP contribution in [0.1, 0.15) is 61.1 Å². The fraction of sp³-hybridized carbons (Fsp3) is 0.361. The van der Waals surface area contributed by atoms with E-state index in [1.54, 1.807) is 30.3 Å². The lowest BCUT2D eigenvalue weighted by Crippen LogP contribution is -2.59. The Morgan fingerprint density at radius 2 is 1.73 bits per heavy atom. The summed E-state index contributed by atoms with van der Waals surface area (Å²) in [6, 6.07) is 21.5. The summed E-state index contributed by atoms with van der Waals surface area (Å²) < 4.78 is 0. The van der Waals surface area contributed by atoms with Gasteiger partial charge in [0.1, 0.15) is 11.2 Å². The first-order chi connectivity index (χ1) is 21.7. The molecule has 45 heavy (non-hydrogen) atoms. The first-order valence-corrected chi connectivity index (χ1v) is 15.6. The van der Waals surface area contributed by atoms with E-state index in [2.05, 4.69) is 75.2 Å². The molecule has 0 bridgehead atoms. The summed E-state index contributed by atoms with van der Waals surface area (Å²) in [7, 11) is 0. The number of non-ortho nitro benzene ring substituents is 1. The second kappa shape index (κ2) is 14.0. The van der Waals surface area contributed by atoms with E-state index < -0.39 is 16.4 Å². The highest BCUT2D eigenvalue weighted by atomic mass is 16.6. The first kappa shape index (κ1) is 31.8. The van der Waals surface area contributed by atoms with Gasteiger partial charge < -0.3 is 15.5 Å². The number of rotatable bonds is 11. The molecule has 1 aromatic heterocycles. The van der Waals surface area contributed by atoms with E-state index in [9.17, 15) is 19.7 Å². The molecular weight excluding hydrogens is 566 g/mol. The number of nitro groups is 1. The summed E-state index contributed by atoms with van der Waals surface area (Å²) in [5.74, 6) is -0.460. The van der Waals surface area contributed by atoms with Crippen molar-refractivity contribution in [3.8, 4) is 0 Å². The van der Waals surface area contributed by atoms with Gasteiger partial charge in [-0.15, -0.1) is 0 Å². The van der Waals surface area contributed by atoms with Gasteiger partial charge in [-0.25, -0.2) is 0 Å². The molecule has 2 amide bonds. The number of benzene rings is 2. The number of amides is 2. The van der Waals surface area contributed by atoms with Crippen molar-refractivity contribution in [2.45, 2.75) is 56.5 Å². The van der Waals surface area contributed by atoms with Crippen LogP contribution in [0.2, 0.25) is 0 Å². The van der Waals surface area contributed by atoms with Gasteiger partial charge in [0.15, 0.2) is 0 Å². The third-order valence-corrected chi connectivity index (χ3v) is 9.19. The number of piperidine rings is 1. The highest BCUT2D eigenvalue weighted by Gasteiger charge is 2.45. The monoisotopic (exact) mass is 607 g/mol. The molecular formula is C36H41N5O4. The molecule has 3 aromatic rings. The average Bonchev–Trinajstić information content (AvgIpc) is 3.07. The van der Waals surface area contributed by atoms with Gasteiger partial charge in [-0.1, -0.05) is 60.7 Å². The molecule has 2 unspecified atom stereocenters. The van der Waals surface area contributed by atoms with Gasteiger partial charge in [0, 0.05) is 36.3 Å². The summed E-state index contributed by atoms with van der Waals surface area (Å²) in [6.07, 6.45) is 13.6. The lowest BCUT2D eigenvalue weighted by molar-refractivity contribution is -0.384. The van der Waals surface area contributed by atoms with Crippen molar-refractivity contribution < 1.29 is 14.5 Å². The Labute approximate surface area is 264 Å². The molecule has 9 heteroatoms. The fourth-order valence-electron chi connectivity index (χ4n) is 6.72. The molecule has 2 aromatic carbocycles. The quantitative estimate of drug-likeness (QED) is 0.214. The Kier molecular flexibility index (Phi) is 9.88. The van der Waals surface area contributed by atoms with Crippen LogP contribution < -0.4 is 10.6 Å². The standard InChI is InChI=1S/C36H41N5O4/c1-27(2)38-34(43)36(30-16-18-31(19-17-30)41(44)45,39-33(42)32-15-9-10-23-37-32)22-26-40-24-20-35(21-25-40,28-11-5-3-6-12-28)29-13-7-4-8-14-29/h3-13,15-19,23,27,29H,14,20-22,24-26H2,1-2H3,(H,38,43)(H,39,42). The van der Waals surface area contributed by atoms with E-state index in [0.29, 0.717) is 18.0 Å². The van der Waals surface area contributed by atoms with E-state index in [4.69, 9.17) is 0 Å². The first-order valence-electron chi connectivity index (χ1n) is 15.6. The zero-order valence-corrected chi connectivity index (χ0v) is 25.9. The number of carbonyl (C=O) groups excluding carboxylic acids is 2. The normalized spacial score (nSPS) is 19.0. The van der Waals surface area contributed by atoms with Crippen LogP contribution in [-0.2, 0) is 15.7 Å². The van der Waals surface area contributed by atoms with Gasteiger partial charge in [-0.3, -0.25) is 24.7 Å². The van der Waals surface area contributed by atoms with Crippen molar-refractivity contribution in [3.05, 3.63) is 130 Å². The number of carbonyl (C=O) groups is 2. The Morgan fingerprint density at radius 3 is 2.33 bits per heavy atom. The number of hydrogen-bond donors (Lipinski definition) is 2. The smallest absolute Gasteiger partial charge is 0.270 e. The molecule has 1 aliphatic heterocycles. The lowest BCUT2D eigenvalue weighted by Gasteiger charge is -2.47. The van der Waals surface area contributed by atoms with Crippen LogP contribution in [0.5, 0.6) is 0 Å². The molecule has 2 heterocycles. The summed E-state index contributed by atoms with van der Waals surface area (Å²) in [5.41, 5.74) is 0.448. The maximum atomic E-state index is 14.1. The Hall–Kier alpha value is -4.63. The van der Waals surface area contributed by atoms with Crippen molar-refractivity contribution in [2.24, 2.45) is 5.92 Å². The number of pyridine rings is 1. The van der Waals surface area contributed by atoms with Crippen LogP contribution in [0.25, 0.3) is 0 Å². The Bertz CT molecular complexity index is 1530. The van der Waals surface area contributed by atoms with Crippen LogP contribution in [0, 0.1) is 16.0 Å². The summed E-state index contributed by atoms with van der Waals surface area (Å²) >= 11 is 0. The molecule has 1 saturated heterocycles. The molecule has 2 atom stereocenters. The summed E-state index contributed by atoms with van der Waals surface area (Å²) in [6.45, 7) is 5.93. The van der Waals surface area contributed by atoms with Crippen LogP contribution in [0.4, 0.5) is 5.69 Å². The van der Waals surface area contributed by atoms with E-state index in [-0.39, 0.29) is 35.2 Å². The predicted molar refractivity (Wildman–Crippen MR) is 175 cm³/mol. The largest absolute Gasteiger partial charge is 0.352 e. The molecule has 0 saturated carbocycles. The van der Waals surface area contributed by atoms with Crippen molar-refractivity contribution >= 4 is 17.5 Å². The van der Waals surface area contributed by atoms with Crippen molar-refractivity contribution in [1.82, 2.24) is 20.5 Å². The summed E-state index contributed by atoms with van der Waals surface area (Å²) in [5, 5.41) is 17.5. The van der Waals surface area contributed by atoms with Crippen LogP contribution in [0.15, 0.2) is 103 Å². The van der Waals surface area contributed by atoms with Crippen LogP contribution in [-0.4, -0.2) is 52.3 Å². The third kappa shape index (κ3) is 7.04. The topological polar surface area (TPSA) is 117 Å². The molecule has 9 nitrogen and oxygen atoms in total. The lowest BCUT2D eigenvalue weighted by atomic mass is 9.62. The number of nitro benzene ring substituents is 1. The predicted octanol–water partition coefficient (Wildman–Crippen LogP) is 5.70. The average molecular weight is 608 g/mol. The maximum Gasteiger partial charge on any atom is 0.270 e. The molecule has 2 aliphatic rings. The maximum absolute atomic E-state index is 14.1. The van der Waals surface area contributed by atoms with Crippen molar-refractivity contribution in [1.29, 1.82) is 0 Å². The summed E-state index contributed by atoms with van der Waals surface area (Å²) in [4.78, 5) is 45.2. The number of allylic oxidation sites excluding steroid dienone is 4. The van der Waals surface area contributed by atoms with Crippen LogP contribution in [0.3, 0.4) is 0 Å². The number of hydrogen-bond acceptors (Lipinski definition) is 6. The third-order valence-electron chi connectivity index (χ3n) is 9.19. The van der Waals surface area contributed by atoms with E-state index >= 15 is 0 Å². The SMILES string of the molecule is CC(C)NC(=O)C(CCN1CCC(c2ccccc2)(C2C=CC=CC2)CC1)(NC(=O)c1ccccn1)c1ccc([N+](=O)[O-])cc1. The van der Waals surface area contributed by atoms with Gasteiger partial charge in [0.25, 0.3) is 17.5 Å². The minimum Gasteiger partial charge on any atom is -0.352 e. The van der Waals surface area contributed by atoms with Gasteiger partial charge in [-0.05, 0) is 93.9 Å². The highest BCUT2D eigenvalue weighted by molar-refractivity contribution is 5.98. The minimum absolute atomic E-state index is 0.0106. The van der Waals surface area contributed by atoms with Gasteiger partial charge in [-0.2, -0.15) is 0 Å². The van der Waals surface area contributed by atoms with E-state index in [1.165, 1.54) is 23.9 Å². The van der Waals surface area contributed by atoms with Gasteiger partial charge in [0.2, 0.25) is 0 Å². The van der Waals surface area contributed by atoms with E-state index in [0.717, 1.165) is 32.4 Å². The van der Waals surface area contributed by atoms with E-state index in [1.807, 2.05) is 13.8 Å². The number of likely N-dealkylation sites (tertiary alicyclic amines) is 1. The zero-order valence-electron chi connectivity index (χ0n) is 25.9. The molecule has 5 rings (SSSR count). The number of nitrogens with one attached hydrogen (secondary N) is 2. The highest BCUT2D eigenvalue weighted by Crippen LogP contribution is 2.45. The molecule has 0 spiro atoms. The van der Waals surface area contributed by atoms with Crippen LogP contribution >= 0.6 is 0 Å². The minimum atomic E-state index is -1.49.